The van der Waals surface area contributed by atoms with Crippen LogP contribution in [0, 0.1) is 11.8 Å². The second-order valence-electron chi connectivity index (χ2n) is 8.46. The number of aromatic nitrogens is 1. The molecule has 1 fully saturated rings. The fourth-order valence-corrected chi connectivity index (χ4v) is 4.01. The minimum Gasteiger partial charge on any atom is -0.478 e. The molecule has 1 aromatic rings. The number of nitrogens with one attached hydrogen (secondary N) is 2. The summed E-state index contributed by atoms with van der Waals surface area (Å²) in [7, 11) is 0. The van der Waals surface area contributed by atoms with E-state index < -0.39 is 12.0 Å². The fraction of sp³-hybridized carbons (Fsp3) is 0.636. The van der Waals surface area contributed by atoms with Crippen molar-refractivity contribution in [2.75, 3.05) is 11.1 Å². The van der Waals surface area contributed by atoms with Crippen molar-refractivity contribution in [3.8, 4) is 0 Å². The predicted octanol–water partition coefficient (Wildman–Crippen LogP) is 2.52. The van der Waals surface area contributed by atoms with Crippen LogP contribution in [0.2, 0.25) is 0 Å². The van der Waals surface area contributed by atoms with Gasteiger partial charge in [-0.05, 0) is 31.1 Å². The number of carbonyl (C=O) groups excluding carboxylic acids is 2. The maximum atomic E-state index is 12.7. The Bertz CT molecular complexity index is 779. The van der Waals surface area contributed by atoms with Crippen molar-refractivity contribution in [2.45, 2.75) is 77.3 Å². The lowest BCUT2D eigenvalue weighted by atomic mass is 9.83. The maximum absolute atomic E-state index is 12.7. The summed E-state index contributed by atoms with van der Waals surface area (Å²) in [6.07, 6.45) is 9.28. The molecule has 9 heteroatoms. The van der Waals surface area contributed by atoms with Gasteiger partial charge in [0.15, 0.2) is 0 Å². The van der Waals surface area contributed by atoms with Crippen LogP contribution in [-0.4, -0.2) is 40.0 Å². The molecule has 31 heavy (non-hydrogen) atoms. The molecule has 1 aromatic heterocycles. The number of anilines is 2. The summed E-state index contributed by atoms with van der Waals surface area (Å²) in [4.78, 5) is 40.2. The highest BCUT2D eigenvalue weighted by Crippen LogP contribution is 2.26. The second-order valence-corrected chi connectivity index (χ2v) is 8.46. The standard InChI is InChI=1S/C22H35N5O4/c1-3-13(2)16(27-21(29)19(23)14-7-5-4-6-8-14)9-10-18(28)26-17-12-25-11-15(20(17)24)22(30)31/h11-14,16,19H,3-10,23H2,1-2H3,(H2,24,25)(H,26,28)(H,27,29)(H,30,31)/t13-,16+,19-/m0/s1. The Labute approximate surface area is 183 Å². The molecular formula is C22H35N5O4. The average Bonchev–Trinajstić information content (AvgIpc) is 2.77. The third-order valence-corrected chi connectivity index (χ3v) is 6.29. The van der Waals surface area contributed by atoms with Crippen LogP contribution >= 0.6 is 0 Å². The van der Waals surface area contributed by atoms with E-state index in [4.69, 9.17) is 16.6 Å². The first kappa shape index (κ1) is 24.6. The van der Waals surface area contributed by atoms with Crippen LogP contribution in [0.4, 0.5) is 11.4 Å². The fourth-order valence-electron chi connectivity index (χ4n) is 4.01. The Balaban J connectivity index is 1.95. The van der Waals surface area contributed by atoms with Gasteiger partial charge in [0.2, 0.25) is 11.8 Å². The van der Waals surface area contributed by atoms with Crippen molar-refractivity contribution >= 4 is 29.2 Å². The molecule has 2 rings (SSSR count). The highest BCUT2D eigenvalue weighted by molar-refractivity contribution is 6.00. The van der Waals surface area contributed by atoms with Gasteiger partial charge in [0.1, 0.15) is 5.56 Å². The first-order valence-electron chi connectivity index (χ1n) is 11.1. The Morgan fingerprint density at radius 3 is 2.52 bits per heavy atom. The monoisotopic (exact) mass is 433 g/mol. The molecule has 0 spiro atoms. The van der Waals surface area contributed by atoms with Crippen LogP contribution in [0.1, 0.15) is 75.6 Å². The van der Waals surface area contributed by atoms with Crippen LogP contribution in [0.3, 0.4) is 0 Å². The van der Waals surface area contributed by atoms with Crippen LogP contribution < -0.4 is 22.1 Å². The molecule has 0 aromatic carbocycles. The zero-order chi connectivity index (χ0) is 23.0. The van der Waals surface area contributed by atoms with E-state index >= 15 is 0 Å². The molecule has 9 nitrogen and oxygen atoms in total. The SMILES string of the molecule is CC[C@H](C)[C@@H](CCC(=O)Nc1cncc(C(=O)O)c1N)NC(=O)[C@@H](N)C1CCCCC1. The van der Waals surface area contributed by atoms with Crippen LogP contribution in [0.25, 0.3) is 0 Å². The number of amides is 2. The number of nitrogens with zero attached hydrogens (tertiary/aromatic N) is 1. The number of carboxylic acid groups (broad SMARTS) is 1. The molecule has 172 valence electrons. The van der Waals surface area contributed by atoms with Gasteiger partial charge in [0.25, 0.3) is 0 Å². The van der Waals surface area contributed by atoms with Crippen molar-refractivity contribution in [2.24, 2.45) is 17.6 Å². The molecule has 1 saturated carbocycles. The Morgan fingerprint density at radius 1 is 1.23 bits per heavy atom. The van der Waals surface area contributed by atoms with Crippen molar-refractivity contribution < 1.29 is 19.5 Å². The molecule has 1 aliphatic rings. The molecule has 0 aliphatic heterocycles. The first-order chi connectivity index (χ1) is 14.7. The number of hydrogen-bond donors (Lipinski definition) is 5. The summed E-state index contributed by atoms with van der Waals surface area (Å²) < 4.78 is 0. The van der Waals surface area contributed by atoms with E-state index in [1.54, 1.807) is 0 Å². The molecule has 3 atom stereocenters. The summed E-state index contributed by atoms with van der Waals surface area (Å²) in [5.41, 5.74) is 12.0. The second kappa shape index (κ2) is 11.6. The quantitative estimate of drug-likeness (QED) is 0.379. The van der Waals surface area contributed by atoms with Crippen molar-refractivity contribution in [3.05, 3.63) is 18.0 Å². The van der Waals surface area contributed by atoms with Gasteiger partial charge >= 0.3 is 5.97 Å². The van der Waals surface area contributed by atoms with Crippen LogP contribution in [0.5, 0.6) is 0 Å². The molecule has 7 N–H and O–H groups in total. The smallest absolute Gasteiger partial charge is 0.339 e. The van der Waals surface area contributed by atoms with Gasteiger partial charge in [-0.1, -0.05) is 39.5 Å². The normalized spacial score (nSPS) is 17.4. The highest BCUT2D eigenvalue weighted by Gasteiger charge is 2.29. The first-order valence-corrected chi connectivity index (χ1v) is 11.1. The van der Waals surface area contributed by atoms with Gasteiger partial charge in [0, 0.05) is 18.7 Å². The highest BCUT2D eigenvalue weighted by atomic mass is 16.4. The van der Waals surface area contributed by atoms with Gasteiger partial charge in [-0.15, -0.1) is 0 Å². The van der Waals surface area contributed by atoms with Gasteiger partial charge < -0.3 is 27.2 Å². The lowest BCUT2D eigenvalue weighted by Crippen LogP contribution is -2.51. The molecule has 0 radical (unpaired) electrons. The summed E-state index contributed by atoms with van der Waals surface area (Å²) in [6.45, 7) is 4.07. The van der Waals surface area contributed by atoms with E-state index in [2.05, 4.69) is 15.6 Å². The van der Waals surface area contributed by atoms with Gasteiger partial charge in [-0.3, -0.25) is 14.6 Å². The van der Waals surface area contributed by atoms with Crippen molar-refractivity contribution in [1.29, 1.82) is 0 Å². The molecular weight excluding hydrogens is 398 g/mol. The van der Waals surface area contributed by atoms with E-state index in [9.17, 15) is 14.4 Å². The average molecular weight is 434 g/mol. The van der Waals surface area contributed by atoms with Gasteiger partial charge in [-0.25, -0.2) is 4.79 Å². The van der Waals surface area contributed by atoms with Crippen molar-refractivity contribution in [1.82, 2.24) is 10.3 Å². The predicted molar refractivity (Wildman–Crippen MR) is 119 cm³/mol. The molecule has 1 aliphatic carbocycles. The third kappa shape index (κ3) is 6.92. The summed E-state index contributed by atoms with van der Waals surface area (Å²) >= 11 is 0. The lowest BCUT2D eigenvalue weighted by molar-refractivity contribution is -0.125. The van der Waals surface area contributed by atoms with E-state index in [0.717, 1.165) is 38.3 Å². The summed E-state index contributed by atoms with van der Waals surface area (Å²) in [6, 6.07) is -0.705. The minimum absolute atomic E-state index is 0.0407. The van der Waals surface area contributed by atoms with E-state index in [0.29, 0.717) is 6.42 Å². The van der Waals surface area contributed by atoms with E-state index in [1.807, 2.05) is 13.8 Å². The minimum atomic E-state index is -1.21. The molecule has 2 amide bonds. The molecule has 0 saturated heterocycles. The van der Waals surface area contributed by atoms with Gasteiger partial charge in [-0.2, -0.15) is 0 Å². The number of rotatable bonds is 10. The number of carbonyl (C=O) groups is 3. The summed E-state index contributed by atoms with van der Waals surface area (Å²) in [5, 5.41) is 14.8. The number of pyridine rings is 1. The largest absolute Gasteiger partial charge is 0.478 e. The van der Waals surface area contributed by atoms with E-state index in [1.165, 1.54) is 12.6 Å². The molecule has 1 heterocycles. The number of nitrogens with two attached hydrogens (primary N) is 2. The van der Waals surface area contributed by atoms with Crippen LogP contribution in [0.15, 0.2) is 12.4 Å². The topological polar surface area (TPSA) is 160 Å². The molecule has 0 bridgehead atoms. The van der Waals surface area contributed by atoms with E-state index in [-0.39, 0.29) is 53.1 Å². The summed E-state index contributed by atoms with van der Waals surface area (Å²) in [5.74, 6) is -1.30. The van der Waals surface area contributed by atoms with Gasteiger partial charge in [0.05, 0.1) is 23.6 Å². The van der Waals surface area contributed by atoms with Crippen molar-refractivity contribution in [3.63, 3.8) is 0 Å². The number of carboxylic acids is 1. The zero-order valence-corrected chi connectivity index (χ0v) is 18.4. The number of hydrogen-bond acceptors (Lipinski definition) is 6. The lowest BCUT2D eigenvalue weighted by Gasteiger charge is -2.30. The third-order valence-electron chi connectivity index (χ3n) is 6.29. The van der Waals surface area contributed by atoms with Crippen LogP contribution in [-0.2, 0) is 9.59 Å². The number of nitrogen functional groups attached to an aromatic ring is 1. The maximum Gasteiger partial charge on any atom is 0.339 e. The Morgan fingerprint density at radius 2 is 1.90 bits per heavy atom. The number of aromatic carboxylic acids is 1. The Kier molecular flexibility index (Phi) is 9.23. The molecule has 0 unspecified atom stereocenters. The Hall–Kier alpha value is -2.68. The zero-order valence-electron chi connectivity index (χ0n) is 18.4.